The molecular weight excluding hydrogens is 246 g/mol. The average molecular weight is 269 g/mol. The van der Waals surface area contributed by atoms with Crippen molar-refractivity contribution >= 4 is 0 Å². The van der Waals surface area contributed by atoms with E-state index in [0.717, 1.165) is 12.2 Å². The summed E-state index contributed by atoms with van der Waals surface area (Å²) in [5.74, 6) is 0.955. The number of aryl methyl sites for hydroxylation is 1. The zero-order valence-electron chi connectivity index (χ0n) is 12.5. The van der Waals surface area contributed by atoms with Crippen LogP contribution in [-0.4, -0.2) is 13.7 Å². The highest BCUT2D eigenvalue weighted by Crippen LogP contribution is 2.30. The lowest BCUT2D eigenvalue weighted by Gasteiger charge is -2.21. The van der Waals surface area contributed by atoms with E-state index >= 15 is 0 Å². The minimum atomic E-state index is 0.157. The molecule has 1 unspecified atom stereocenters. The molecule has 2 aromatic rings. The molecule has 0 saturated heterocycles. The molecule has 2 nitrogen and oxygen atoms in total. The van der Waals surface area contributed by atoms with Crippen LogP contribution in [0.2, 0.25) is 0 Å². The Kier molecular flexibility index (Phi) is 5.19. The molecular formula is C18H23NO. The molecule has 0 aliphatic rings. The van der Waals surface area contributed by atoms with Gasteiger partial charge in [0.1, 0.15) is 5.75 Å². The first-order valence-electron chi connectivity index (χ1n) is 7.28. The van der Waals surface area contributed by atoms with Crippen molar-refractivity contribution in [3.05, 3.63) is 65.2 Å². The highest BCUT2D eigenvalue weighted by Gasteiger charge is 2.16. The Balaban J connectivity index is 2.41. The second kappa shape index (κ2) is 7.11. The molecule has 0 fully saturated rings. The van der Waals surface area contributed by atoms with Crippen molar-refractivity contribution in [2.75, 3.05) is 13.7 Å². The van der Waals surface area contributed by atoms with Gasteiger partial charge in [0.05, 0.1) is 12.6 Å². The first kappa shape index (κ1) is 14.6. The second-order valence-corrected chi connectivity index (χ2v) is 4.79. The lowest BCUT2D eigenvalue weighted by atomic mass is 9.96. The number of nitrogens with one attached hydrogen (secondary N) is 1. The molecule has 0 spiro atoms. The maximum absolute atomic E-state index is 5.76. The summed E-state index contributed by atoms with van der Waals surface area (Å²) in [6, 6.07) is 17.1. The number of ether oxygens (including phenoxy) is 1. The van der Waals surface area contributed by atoms with Crippen LogP contribution in [-0.2, 0) is 6.42 Å². The molecule has 0 aliphatic carbocycles. The van der Waals surface area contributed by atoms with Crippen molar-refractivity contribution in [2.24, 2.45) is 0 Å². The molecule has 20 heavy (non-hydrogen) atoms. The third-order valence-electron chi connectivity index (χ3n) is 3.51. The summed E-state index contributed by atoms with van der Waals surface area (Å²) >= 11 is 0. The lowest BCUT2D eigenvalue weighted by molar-refractivity contribution is 0.334. The minimum absolute atomic E-state index is 0.157. The molecule has 0 bridgehead atoms. The van der Waals surface area contributed by atoms with E-state index in [-0.39, 0.29) is 6.04 Å². The van der Waals surface area contributed by atoms with Gasteiger partial charge >= 0.3 is 0 Å². The van der Waals surface area contributed by atoms with Gasteiger partial charge in [-0.05, 0) is 37.6 Å². The van der Waals surface area contributed by atoms with Crippen molar-refractivity contribution in [2.45, 2.75) is 26.3 Å². The van der Waals surface area contributed by atoms with Crippen molar-refractivity contribution in [3.8, 4) is 5.75 Å². The van der Waals surface area contributed by atoms with Crippen LogP contribution in [0, 0.1) is 0 Å². The van der Waals surface area contributed by atoms with Gasteiger partial charge in [0.15, 0.2) is 0 Å². The Morgan fingerprint density at radius 2 is 1.85 bits per heavy atom. The van der Waals surface area contributed by atoms with Crippen LogP contribution in [0.25, 0.3) is 0 Å². The quantitative estimate of drug-likeness (QED) is 0.857. The Labute approximate surface area is 121 Å². The molecule has 1 atom stereocenters. The maximum Gasteiger partial charge on any atom is 0.124 e. The Morgan fingerprint density at radius 1 is 1.05 bits per heavy atom. The van der Waals surface area contributed by atoms with Gasteiger partial charge in [-0.15, -0.1) is 0 Å². The number of benzene rings is 2. The van der Waals surface area contributed by atoms with Gasteiger partial charge in [-0.25, -0.2) is 0 Å². The summed E-state index contributed by atoms with van der Waals surface area (Å²) in [5.41, 5.74) is 3.82. The fraction of sp³-hybridized carbons (Fsp3) is 0.333. The van der Waals surface area contributed by atoms with Gasteiger partial charge in [0.2, 0.25) is 0 Å². The highest BCUT2D eigenvalue weighted by atomic mass is 16.5. The van der Waals surface area contributed by atoms with Gasteiger partial charge in [-0.2, -0.15) is 0 Å². The summed E-state index contributed by atoms with van der Waals surface area (Å²) in [4.78, 5) is 0. The Bertz CT molecular complexity index is 551. The molecule has 0 saturated carbocycles. The van der Waals surface area contributed by atoms with Crippen LogP contribution < -0.4 is 10.1 Å². The molecule has 0 radical (unpaired) electrons. The second-order valence-electron chi connectivity index (χ2n) is 4.79. The molecule has 0 aliphatic heterocycles. The summed E-state index contributed by atoms with van der Waals surface area (Å²) in [6.07, 6.45) is 1.05. The third kappa shape index (κ3) is 3.20. The molecule has 0 amide bonds. The van der Waals surface area contributed by atoms with Crippen LogP contribution in [0.3, 0.4) is 0 Å². The summed E-state index contributed by atoms with van der Waals surface area (Å²) in [7, 11) is 1.99. The van der Waals surface area contributed by atoms with Gasteiger partial charge < -0.3 is 10.1 Å². The zero-order chi connectivity index (χ0) is 14.4. The minimum Gasteiger partial charge on any atom is -0.494 e. The van der Waals surface area contributed by atoms with E-state index in [4.69, 9.17) is 4.74 Å². The first-order valence-corrected chi connectivity index (χ1v) is 7.28. The van der Waals surface area contributed by atoms with Crippen molar-refractivity contribution in [1.82, 2.24) is 5.32 Å². The van der Waals surface area contributed by atoms with Crippen molar-refractivity contribution < 1.29 is 4.74 Å². The van der Waals surface area contributed by atoms with Crippen LogP contribution in [0.5, 0.6) is 5.75 Å². The monoisotopic (exact) mass is 269 g/mol. The van der Waals surface area contributed by atoms with Crippen molar-refractivity contribution in [3.63, 3.8) is 0 Å². The normalized spacial score (nSPS) is 12.2. The predicted octanol–water partition coefficient (Wildman–Crippen LogP) is 3.96. The topological polar surface area (TPSA) is 21.3 Å². The molecule has 2 aromatic carbocycles. The summed E-state index contributed by atoms with van der Waals surface area (Å²) in [5, 5.41) is 3.40. The fourth-order valence-electron chi connectivity index (χ4n) is 2.50. The summed E-state index contributed by atoms with van der Waals surface area (Å²) in [6.45, 7) is 4.88. The Hall–Kier alpha value is -1.80. The largest absolute Gasteiger partial charge is 0.494 e. The maximum atomic E-state index is 5.76. The molecule has 1 N–H and O–H groups in total. The number of para-hydroxylation sites is 1. The predicted molar refractivity (Wildman–Crippen MR) is 84.3 cm³/mol. The smallest absolute Gasteiger partial charge is 0.124 e. The molecule has 0 heterocycles. The van der Waals surface area contributed by atoms with E-state index in [1.165, 1.54) is 16.7 Å². The van der Waals surface area contributed by atoms with E-state index in [1.54, 1.807) is 0 Å². The molecule has 0 aromatic heterocycles. The molecule has 2 rings (SSSR count). The van der Waals surface area contributed by atoms with Crippen LogP contribution in [0.4, 0.5) is 0 Å². The van der Waals surface area contributed by atoms with Crippen LogP contribution >= 0.6 is 0 Å². The van der Waals surface area contributed by atoms with E-state index in [0.29, 0.717) is 6.61 Å². The summed E-state index contributed by atoms with van der Waals surface area (Å²) < 4.78 is 5.76. The van der Waals surface area contributed by atoms with Gasteiger partial charge in [0.25, 0.3) is 0 Å². The standard InChI is InChI=1S/C18H23NO/c1-4-14-9-8-10-15(13-14)18(19-3)16-11-6-7-12-17(16)20-5-2/h6-13,18-19H,4-5H2,1-3H3. The number of hydrogen-bond acceptors (Lipinski definition) is 2. The van der Waals surface area contributed by atoms with Gasteiger partial charge in [-0.1, -0.05) is 49.4 Å². The zero-order valence-corrected chi connectivity index (χ0v) is 12.5. The van der Waals surface area contributed by atoms with Gasteiger partial charge in [0, 0.05) is 5.56 Å². The van der Waals surface area contributed by atoms with E-state index in [1.807, 2.05) is 26.1 Å². The SMILES string of the molecule is CCOc1ccccc1C(NC)c1cccc(CC)c1. The lowest BCUT2D eigenvalue weighted by Crippen LogP contribution is -2.18. The molecule has 106 valence electrons. The Morgan fingerprint density at radius 3 is 2.55 bits per heavy atom. The molecule has 2 heteroatoms. The van der Waals surface area contributed by atoms with Crippen molar-refractivity contribution in [1.29, 1.82) is 0 Å². The van der Waals surface area contributed by atoms with E-state index < -0.39 is 0 Å². The number of rotatable bonds is 6. The number of hydrogen-bond donors (Lipinski definition) is 1. The van der Waals surface area contributed by atoms with Gasteiger partial charge in [-0.3, -0.25) is 0 Å². The average Bonchev–Trinajstić information content (AvgIpc) is 2.50. The highest BCUT2D eigenvalue weighted by molar-refractivity contribution is 5.42. The van der Waals surface area contributed by atoms with E-state index in [9.17, 15) is 0 Å². The van der Waals surface area contributed by atoms with Crippen LogP contribution in [0.1, 0.15) is 36.6 Å². The van der Waals surface area contributed by atoms with E-state index in [2.05, 4.69) is 48.6 Å². The first-order chi connectivity index (χ1) is 9.80. The third-order valence-corrected chi connectivity index (χ3v) is 3.51. The fourth-order valence-corrected chi connectivity index (χ4v) is 2.50. The van der Waals surface area contributed by atoms with Crippen LogP contribution in [0.15, 0.2) is 48.5 Å².